The Labute approximate surface area is 366 Å². The lowest BCUT2D eigenvalue weighted by Gasteiger charge is -2.25. The summed E-state index contributed by atoms with van der Waals surface area (Å²) in [4.78, 5) is 7.21. The smallest absolute Gasteiger partial charge is 0.0610 e. The van der Waals surface area contributed by atoms with Gasteiger partial charge in [0.25, 0.3) is 0 Å². The molecule has 5 heteroatoms. The van der Waals surface area contributed by atoms with Crippen molar-refractivity contribution < 1.29 is 0 Å². The van der Waals surface area contributed by atoms with Crippen LogP contribution in [0.15, 0.2) is 143 Å². The van der Waals surface area contributed by atoms with E-state index in [4.69, 9.17) is 0 Å². The zero-order valence-corrected chi connectivity index (χ0v) is 39.2. The Hall–Kier alpha value is -3.32. The van der Waals surface area contributed by atoms with E-state index in [2.05, 4.69) is 190 Å². The fraction of sp³-hybridized carbons (Fsp3) is 0.333. The van der Waals surface area contributed by atoms with Crippen molar-refractivity contribution >= 4 is 93.0 Å². The number of rotatable bonds is 22. The third-order valence-electron chi connectivity index (χ3n) is 11.4. The molecule has 0 amide bonds. The summed E-state index contributed by atoms with van der Waals surface area (Å²) in [5.74, 6) is 2.27. The van der Waals surface area contributed by atoms with E-state index in [9.17, 15) is 0 Å². The average molecular weight is 852 g/mol. The van der Waals surface area contributed by atoms with E-state index in [1.165, 1.54) is 152 Å². The van der Waals surface area contributed by atoms with Crippen molar-refractivity contribution in [3.05, 3.63) is 145 Å². The van der Waals surface area contributed by atoms with Gasteiger partial charge in [0.05, 0.1) is 11.0 Å². The van der Waals surface area contributed by atoms with Gasteiger partial charge in [0, 0.05) is 31.2 Å². The van der Waals surface area contributed by atoms with Crippen molar-refractivity contribution in [2.24, 2.45) is 0 Å². The summed E-state index contributed by atoms with van der Waals surface area (Å²) in [5.41, 5.74) is 5.47. The molecule has 1 heterocycles. The third-order valence-corrected chi connectivity index (χ3v) is 19.4. The summed E-state index contributed by atoms with van der Waals surface area (Å²) < 4.78 is 0. The first-order valence-corrected chi connectivity index (χ1v) is 26.9. The highest BCUT2D eigenvalue weighted by atomic mass is 32.2. The van der Waals surface area contributed by atoms with Gasteiger partial charge in [0.2, 0.25) is 0 Å². The molecule has 0 aliphatic rings. The van der Waals surface area contributed by atoms with Gasteiger partial charge in [0.1, 0.15) is 0 Å². The molecule has 0 bridgehead atoms. The molecule has 7 aromatic rings. The third kappa shape index (κ3) is 10.8. The van der Waals surface area contributed by atoms with Crippen molar-refractivity contribution in [3.8, 4) is 0 Å². The standard InChI is InChI=1S/C54H63NP2S2/c1-5-7-9-11-13-27-37-58-53-49-47(39-41(3)51(53)56(43-29-19-15-20-30-43)44-31-21-16-22-32-44)48-40-42(4)52(54(50(48)55-49)59-38-28-14-12-10-8-6-2)57(45-33-23-17-24-34-45)46-35-25-18-26-36-46/h15-26,29-36,39-40,55H,5-14,27-28,37-38H2,1-4H3. The highest BCUT2D eigenvalue weighted by Gasteiger charge is 2.29. The van der Waals surface area contributed by atoms with Crippen LogP contribution in [0, 0.1) is 13.8 Å². The number of hydrogen-bond acceptors (Lipinski definition) is 2. The average Bonchev–Trinajstić information content (AvgIpc) is 3.63. The van der Waals surface area contributed by atoms with Gasteiger partial charge in [0.15, 0.2) is 0 Å². The van der Waals surface area contributed by atoms with Crippen molar-refractivity contribution in [3.63, 3.8) is 0 Å². The molecule has 0 aliphatic carbocycles. The van der Waals surface area contributed by atoms with Crippen molar-refractivity contribution in [2.45, 2.75) is 115 Å². The predicted molar refractivity (Wildman–Crippen MR) is 271 cm³/mol. The predicted octanol–water partition coefficient (Wildman–Crippen LogP) is 14.4. The van der Waals surface area contributed by atoms with E-state index in [-0.39, 0.29) is 0 Å². The first kappa shape index (κ1) is 43.8. The number of aromatic nitrogens is 1. The van der Waals surface area contributed by atoms with E-state index in [0.717, 1.165) is 11.5 Å². The van der Waals surface area contributed by atoms with Crippen molar-refractivity contribution in [2.75, 3.05) is 11.5 Å². The molecular formula is C54H63NP2S2. The molecule has 6 aromatic carbocycles. The van der Waals surface area contributed by atoms with Crippen LogP contribution in [0.25, 0.3) is 21.8 Å². The van der Waals surface area contributed by atoms with E-state index in [1.807, 2.05) is 0 Å². The lowest BCUT2D eigenvalue weighted by Crippen LogP contribution is -2.24. The zero-order valence-electron chi connectivity index (χ0n) is 35.8. The first-order chi connectivity index (χ1) is 29.1. The monoisotopic (exact) mass is 851 g/mol. The van der Waals surface area contributed by atoms with Crippen LogP contribution in [0.3, 0.4) is 0 Å². The number of thioether (sulfide) groups is 2. The minimum atomic E-state index is -0.775. The SMILES string of the molecule is CCCCCCCCSc1c(P(c2ccccc2)c2ccccc2)c(C)cc2c1[nH]c1c(SCCCCCCCC)c(P(c3ccccc3)c3ccccc3)c(C)cc12. The second-order valence-corrected chi connectivity index (χ2v) is 22.5. The van der Waals surface area contributed by atoms with Crippen molar-refractivity contribution in [1.29, 1.82) is 0 Å². The van der Waals surface area contributed by atoms with Crippen LogP contribution in [-0.2, 0) is 0 Å². The van der Waals surface area contributed by atoms with Crippen LogP contribution >= 0.6 is 39.4 Å². The molecule has 0 atom stereocenters. The Balaban J connectivity index is 1.43. The first-order valence-electron chi connectivity index (χ1n) is 22.3. The molecule has 0 aliphatic heterocycles. The van der Waals surface area contributed by atoms with Gasteiger partial charge in [-0.05, 0) is 98.5 Å². The Morgan fingerprint density at radius 3 is 1.03 bits per heavy atom. The molecule has 0 saturated carbocycles. The Morgan fingerprint density at radius 1 is 0.407 bits per heavy atom. The van der Waals surface area contributed by atoms with Crippen LogP contribution < -0.4 is 31.8 Å². The van der Waals surface area contributed by atoms with Gasteiger partial charge in [-0.25, -0.2) is 0 Å². The molecular weight excluding hydrogens is 789 g/mol. The van der Waals surface area contributed by atoms with Gasteiger partial charge in [-0.3, -0.25) is 0 Å². The molecule has 0 radical (unpaired) electrons. The Bertz CT molecular complexity index is 2100. The van der Waals surface area contributed by atoms with Crippen LogP contribution in [0.5, 0.6) is 0 Å². The molecule has 0 spiro atoms. The number of aromatic amines is 1. The second-order valence-electron chi connectivity index (χ2n) is 16.0. The molecule has 59 heavy (non-hydrogen) atoms. The summed E-state index contributed by atoms with van der Waals surface area (Å²) in [6.07, 6.45) is 15.8. The van der Waals surface area contributed by atoms with E-state index < -0.39 is 15.8 Å². The fourth-order valence-corrected chi connectivity index (χ4v) is 16.6. The van der Waals surface area contributed by atoms with Crippen LogP contribution in [-0.4, -0.2) is 16.5 Å². The minimum absolute atomic E-state index is 0.775. The number of aryl methyl sites for hydroxylation is 2. The Morgan fingerprint density at radius 2 is 0.712 bits per heavy atom. The minimum Gasteiger partial charge on any atom is -0.353 e. The second kappa shape index (κ2) is 22.5. The molecule has 0 fully saturated rings. The Kier molecular flexibility index (Phi) is 16.7. The number of benzene rings is 6. The number of H-pyrrole nitrogens is 1. The summed E-state index contributed by atoms with van der Waals surface area (Å²) in [5, 5.41) is 11.4. The molecule has 0 unspecified atom stereocenters. The van der Waals surface area contributed by atoms with Gasteiger partial charge in [-0.1, -0.05) is 199 Å². The van der Waals surface area contributed by atoms with Crippen LogP contribution in [0.1, 0.15) is 102 Å². The zero-order chi connectivity index (χ0) is 40.8. The molecule has 7 rings (SSSR count). The lowest BCUT2D eigenvalue weighted by molar-refractivity contribution is 0.627. The number of hydrogen-bond donors (Lipinski definition) is 1. The largest absolute Gasteiger partial charge is 0.353 e. The van der Waals surface area contributed by atoms with E-state index in [1.54, 1.807) is 0 Å². The van der Waals surface area contributed by atoms with Gasteiger partial charge in [-0.15, -0.1) is 23.5 Å². The number of fused-ring (bicyclic) bond motifs is 3. The van der Waals surface area contributed by atoms with Gasteiger partial charge in [-0.2, -0.15) is 0 Å². The molecule has 1 aromatic heterocycles. The summed E-state index contributed by atoms with van der Waals surface area (Å²) >= 11 is 4.23. The van der Waals surface area contributed by atoms with Gasteiger partial charge < -0.3 is 4.98 Å². The summed E-state index contributed by atoms with van der Waals surface area (Å²) in [6.45, 7) is 9.41. The normalized spacial score (nSPS) is 11.8. The maximum atomic E-state index is 4.28. The summed E-state index contributed by atoms with van der Waals surface area (Å²) in [7, 11) is -1.55. The van der Waals surface area contributed by atoms with E-state index in [0.29, 0.717) is 0 Å². The summed E-state index contributed by atoms with van der Waals surface area (Å²) in [6, 6.07) is 50.4. The highest BCUT2D eigenvalue weighted by Crippen LogP contribution is 2.46. The topological polar surface area (TPSA) is 15.8 Å². The number of nitrogens with one attached hydrogen (secondary N) is 1. The van der Waals surface area contributed by atoms with Crippen LogP contribution in [0.4, 0.5) is 0 Å². The van der Waals surface area contributed by atoms with Crippen molar-refractivity contribution in [1.82, 2.24) is 4.98 Å². The molecule has 0 saturated heterocycles. The highest BCUT2D eigenvalue weighted by molar-refractivity contribution is 8.00. The number of unbranched alkanes of at least 4 members (excludes halogenated alkanes) is 10. The molecule has 306 valence electrons. The maximum Gasteiger partial charge on any atom is 0.0610 e. The molecule has 1 nitrogen and oxygen atoms in total. The lowest BCUT2D eigenvalue weighted by atomic mass is 10.1. The maximum absolute atomic E-state index is 4.28. The van der Waals surface area contributed by atoms with Gasteiger partial charge >= 0.3 is 0 Å². The fourth-order valence-electron chi connectivity index (χ4n) is 8.42. The molecule has 1 N–H and O–H groups in total. The quantitative estimate of drug-likeness (QED) is 0.0415. The van der Waals surface area contributed by atoms with Crippen LogP contribution in [0.2, 0.25) is 0 Å². The van der Waals surface area contributed by atoms with E-state index >= 15 is 0 Å².